The first kappa shape index (κ1) is 23.3. The molecule has 3 N–H and O–H groups in total. The lowest BCUT2D eigenvalue weighted by molar-refractivity contribution is -0.126. The Labute approximate surface area is 203 Å². The second-order valence-corrected chi connectivity index (χ2v) is 8.51. The monoisotopic (exact) mass is 472 g/mol. The molecule has 1 heterocycles. The molecule has 0 saturated heterocycles. The van der Waals surface area contributed by atoms with E-state index >= 15 is 0 Å². The molecule has 2 amide bonds. The van der Waals surface area contributed by atoms with Gasteiger partial charge in [-0.15, -0.1) is 0 Å². The summed E-state index contributed by atoms with van der Waals surface area (Å²) in [5.74, 6) is -0.508. The number of aryl methyl sites for hydroxylation is 1. The van der Waals surface area contributed by atoms with E-state index in [-0.39, 0.29) is 18.2 Å². The second kappa shape index (κ2) is 10.8. The maximum Gasteiger partial charge on any atom is 0.247 e. The van der Waals surface area contributed by atoms with Crippen LogP contribution in [0.15, 0.2) is 85.1 Å². The standard InChI is InChI=1S/C27H25ClN4O2/c1-18-15-20(7-12-23(18)28)17-26(33)31-25(16-19-5-3-2-4-6-19)27(34)30-22-10-8-21(9-11-22)24-13-14-29-32-24/h2-15,25H,16-17H2,1H3,(H,29,32)(H,30,34)(H,31,33). The molecular weight excluding hydrogens is 448 g/mol. The topological polar surface area (TPSA) is 86.9 Å². The molecule has 1 atom stereocenters. The van der Waals surface area contributed by atoms with E-state index in [2.05, 4.69) is 20.8 Å². The summed E-state index contributed by atoms with van der Waals surface area (Å²) in [6.45, 7) is 1.90. The quantitative estimate of drug-likeness (QED) is 0.339. The van der Waals surface area contributed by atoms with Crippen LogP contribution in [0.2, 0.25) is 5.02 Å². The van der Waals surface area contributed by atoms with Crippen molar-refractivity contribution < 1.29 is 9.59 Å². The van der Waals surface area contributed by atoms with Crippen molar-refractivity contribution in [1.29, 1.82) is 0 Å². The molecule has 4 rings (SSSR count). The van der Waals surface area contributed by atoms with Crippen molar-refractivity contribution in [3.8, 4) is 11.3 Å². The van der Waals surface area contributed by atoms with E-state index in [1.54, 1.807) is 12.3 Å². The Morgan fingerprint density at radius 2 is 1.74 bits per heavy atom. The van der Waals surface area contributed by atoms with Gasteiger partial charge in [-0.1, -0.05) is 66.2 Å². The van der Waals surface area contributed by atoms with Crippen LogP contribution in [-0.2, 0) is 22.4 Å². The molecule has 7 heteroatoms. The first-order valence-electron chi connectivity index (χ1n) is 11.0. The van der Waals surface area contributed by atoms with Crippen LogP contribution in [0.4, 0.5) is 5.69 Å². The van der Waals surface area contributed by atoms with Gasteiger partial charge in [-0.2, -0.15) is 5.10 Å². The van der Waals surface area contributed by atoms with Crippen molar-refractivity contribution in [2.45, 2.75) is 25.8 Å². The van der Waals surface area contributed by atoms with E-state index in [0.29, 0.717) is 17.1 Å². The van der Waals surface area contributed by atoms with Gasteiger partial charge in [-0.25, -0.2) is 0 Å². The van der Waals surface area contributed by atoms with E-state index in [9.17, 15) is 9.59 Å². The number of hydrogen-bond donors (Lipinski definition) is 3. The van der Waals surface area contributed by atoms with Crippen LogP contribution >= 0.6 is 11.6 Å². The highest BCUT2D eigenvalue weighted by Gasteiger charge is 2.22. The maximum absolute atomic E-state index is 13.2. The third-order valence-corrected chi connectivity index (χ3v) is 5.91. The molecule has 0 spiro atoms. The molecule has 34 heavy (non-hydrogen) atoms. The van der Waals surface area contributed by atoms with E-state index in [4.69, 9.17) is 11.6 Å². The van der Waals surface area contributed by atoms with Gasteiger partial charge in [0.05, 0.1) is 12.1 Å². The molecule has 0 aliphatic heterocycles. The summed E-state index contributed by atoms with van der Waals surface area (Å²) < 4.78 is 0. The van der Waals surface area contributed by atoms with Gasteiger partial charge in [-0.3, -0.25) is 14.7 Å². The molecule has 4 aromatic rings. The molecular formula is C27H25ClN4O2. The summed E-state index contributed by atoms with van der Waals surface area (Å²) in [7, 11) is 0. The normalized spacial score (nSPS) is 11.6. The summed E-state index contributed by atoms with van der Waals surface area (Å²) in [6.07, 6.45) is 2.23. The Kier molecular flexibility index (Phi) is 7.40. The summed E-state index contributed by atoms with van der Waals surface area (Å²) in [5, 5.41) is 13.4. The number of amides is 2. The minimum Gasteiger partial charge on any atom is -0.344 e. The number of H-pyrrole nitrogens is 1. The third-order valence-electron chi connectivity index (χ3n) is 5.49. The predicted octanol–water partition coefficient (Wildman–Crippen LogP) is 4.95. The smallest absolute Gasteiger partial charge is 0.247 e. The Morgan fingerprint density at radius 1 is 0.971 bits per heavy atom. The molecule has 0 aliphatic rings. The fourth-order valence-electron chi connectivity index (χ4n) is 3.69. The van der Waals surface area contributed by atoms with Crippen LogP contribution in [0.3, 0.4) is 0 Å². The van der Waals surface area contributed by atoms with Gasteiger partial charge in [0, 0.05) is 23.3 Å². The number of halogens is 1. The Balaban J connectivity index is 1.46. The lowest BCUT2D eigenvalue weighted by Gasteiger charge is -2.19. The maximum atomic E-state index is 13.2. The highest BCUT2D eigenvalue weighted by Crippen LogP contribution is 2.20. The number of rotatable bonds is 8. The van der Waals surface area contributed by atoms with Gasteiger partial charge in [-0.05, 0) is 53.4 Å². The fourth-order valence-corrected chi connectivity index (χ4v) is 3.80. The summed E-state index contributed by atoms with van der Waals surface area (Å²) >= 11 is 6.09. The predicted molar refractivity (Wildman–Crippen MR) is 135 cm³/mol. The number of anilines is 1. The van der Waals surface area contributed by atoms with Gasteiger partial charge >= 0.3 is 0 Å². The van der Waals surface area contributed by atoms with E-state index in [1.165, 1.54) is 0 Å². The van der Waals surface area contributed by atoms with Gasteiger partial charge in [0.15, 0.2) is 0 Å². The zero-order valence-corrected chi connectivity index (χ0v) is 19.5. The number of hydrogen-bond acceptors (Lipinski definition) is 3. The van der Waals surface area contributed by atoms with Crippen LogP contribution < -0.4 is 10.6 Å². The average Bonchev–Trinajstić information content (AvgIpc) is 3.37. The van der Waals surface area contributed by atoms with Gasteiger partial charge in [0.2, 0.25) is 11.8 Å². The summed E-state index contributed by atoms with van der Waals surface area (Å²) in [4.78, 5) is 26.0. The van der Waals surface area contributed by atoms with Crippen molar-refractivity contribution in [3.63, 3.8) is 0 Å². The third kappa shape index (κ3) is 6.11. The lowest BCUT2D eigenvalue weighted by atomic mass is 10.0. The van der Waals surface area contributed by atoms with Gasteiger partial charge in [0.1, 0.15) is 6.04 Å². The Bertz CT molecular complexity index is 1260. The van der Waals surface area contributed by atoms with Gasteiger partial charge in [0.25, 0.3) is 0 Å². The number of carbonyl (C=O) groups excluding carboxylic acids is 2. The molecule has 172 valence electrons. The summed E-state index contributed by atoms with van der Waals surface area (Å²) in [5.41, 5.74) is 5.21. The highest BCUT2D eigenvalue weighted by atomic mass is 35.5. The Morgan fingerprint density at radius 3 is 2.41 bits per heavy atom. The van der Waals surface area contributed by atoms with Gasteiger partial charge < -0.3 is 10.6 Å². The molecule has 0 radical (unpaired) electrons. The average molecular weight is 473 g/mol. The lowest BCUT2D eigenvalue weighted by Crippen LogP contribution is -2.45. The number of benzene rings is 3. The fraction of sp³-hybridized carbons (Fsp3) is 0.148. The zero-order chi connectivity index (χ0) is 23.9. The van der Waals surface area contributed by atoms with E-state index in [1.807, 2.05) is 79.7 Å². The SMILES string of the molecule is Cc1cc(CC(=O)NC(Cc2ccccc2)C(=O)Nc2ccc(-c3ccn[nH]3)cc2)ccc1Cl. The number of nitrogens with zero attached hydrogens (tertiary/aromatic N) is 1. The minimum absolute atomic E-state index is 0.162. The van der Waals surface area contributed by atoms with Crippen LogP contribution in [0.5, 0.6) is 0 Å². The second-order valence-electron chi connectivity index (χ2n) is 8.11. The summed E-state index contributed by atoms with van der Waals surface area (Å²) in [6, 6.07) is 23.7. The molecule has 1 unspecified atom stereocenters. The van der Waals surface area contributed by atoms with Crippen LogP contribution in [0.1, 0.15) is 16.7 Å². The molecule has 0 bridgehead atoms. The molecule has 0 aliphatic carbocycles. The largest absolute Gasteiger partial charge is 0.344 e. The van der Waals surface area contributed by atoms with Crippen LogP contribution in [0, 0.1) is 6.92 Å². The van der Waals surface area contributed by atoms with Crippen molar-refractivity contribution in [2.24, 2.45) is 0 Å². The van der Waals surface area contributed by atoms with E-state index < -0.39 is 6.04 Å². The van der Waals surface area contributed by atoms with Crippen molar-refractivity contribution in [2.75, 3.05) is 5.32 Å². The van der Waals surface area contributed by atoms with E-state index in [0.717, 1.165) is 27.9 Å². The highest BCUT2D eigenvalue weighted by molar-refractivity contribution is 6.31. The number of aromatic amines is 1. The number of aromatic nitrogens is 2. The first-order chi connectivity index (χ1) is 16.5. The van der Waals surface area contributed by atoms with Crippen molar-refractivity contribution in [3.05, 3.63) is 107 Å². The van der Waals surface area contributed by atoms with Crippen LogP contribution in [-0.4, -0.2) is 28.1 Å². The molecule has 3 aromatic carbocycles. The minimum atomic E-state index is -0.726. The van der Waals surface area contributed by atoms with Crippen LogP contribution in [0.25, 0.3) is 11.3 Å². The zero-order valence-electron chi connectivity index (χ0n) is 18.7. The molecule has 0 fully saturated rings. The molecule has 6 nitrogen and oxygen atoms in total. The number of carbonyl (C=O) groups is 2. The Hall–Kier alpha value is -3.90. The van der Waals surface area contributed by atoms with Crippen molar-refractivity contribution >= 4 is 29.1 Å². The van der Waals surface area contributed by atoms with Crippen molar-refractivity contribution in [1.82, 2.24) is 15.5 Å². The number of nitrogens with one attached hydrogen (secondary N) is 3. The first-order valence-corrected chi connectivity index (χ1v) is 11.3. The molecule has 0 saturated carbocycles. The molecule has 1 aromatic heterocycles.